The van der Waals surface area contributed by atoms with Gasteiger partial charge in [-0.15, -0.1) is 0 Å². The van der Waals surface area contributed by atoms with Gasteiger partial charge in [-0.05, 0) is 30.8 Å². The molecule has 0 amide bonds. The summed E-state index contributed by atoms with van der Waals surface area (Å²) in [5.41, 5.74) is -1.69. The Labute approximate surface area is 171 Å². The third-order valence-electron chi connectivity index (χ3n) is 8.99. The van der Waals surface area contributed by atoms with E-state index in [2.05, 4.69) is 22.9 Å². The van der Waals surface area contributed by atoms with Gasteiger partial charge in [0.05, 0.1) is 10.9 Å². The Hall–Kier alpha value is -0.510. The van der Waals surface area contributed by atoms with E-state index >= 15 is 0 Å². The van der Waals surface area contributed by atoms with Crippen LogP contribution < -0.4 is 0 Å². The number of rotatable bonds is 2. The highest BCUT2D eigenvalue weighted by Gasteiger charge is 2.96. The first-order chi connectivity index (χ1) is 13.2. The number of carbonyl (C=O) groups is 1. The average Bonchev–Trinajstić information content (AvgIpc) is 3.56. The Balaban J connectivity index is 1.48. The fraction of sp³-hybridized carbons (Fsp3) is 0.850. The van der Waals surface area contributed by atoms with Crippen molar-refractivity contribution in [1.29, 1.82) is 0 Å². The van der Waals surface area contributed by atoms with Crippen LogP contribution in [0.2, 0.25) is 0 Å². The Morgan fingerprint density at radius 1 is 1.36 bits per heavy atom. The molecule has 2 spiro atoms. The predicted molar refractivity (Wildman–Crippen MR) is 98.6 cm³/mol. The topological polar surface area (TPSA) is 112 Å². The molecule has 0 aromatic rings. The number of carbonyl (C=O) groups excluding carboxylic acids is 1. The molecule has 7 nitrogen and oxygen atoms in total. The van der Waals surface area contributed by atoms with Crippen LogP contribution >= 0.6 is 15.9 Å². The van der Waals surface area contributed by atoms with Gasteiger partial charge in [0.25, 0.3) is 0 Å². The zero-order valence-electron chi connectivity index (χ0n) is 15.9. The number of aliphatic hydroxyl groups excluding tert-OH is 2. The van der Waals surface area contributed by atoms with Crippen molar-refractivity contribution in [1.82, 2.24) is 0 Å². The Morgan fingerprint density at radius 3 is 2.82 bits per heavy atom. The zero-order valence-corrected chi connectivity index (χ0v) is 17.4. The van der Waals surface area contributed by atoms with Gasteiger partial charge in [-0.1, -0.05) is 29.8 Å². The molecule has 0 bridgehead atoms. The molecule has 3 N–H and O–H groups in total. The van der Waals surface area contributed by atoms with Crippen molar-refractivity contribution in [3.8, 4) is 0 Å². The molecule has 10 atom stereocenters. The van der Waals surface area contributed by atoms with E-state index in [9.17, 15) is 20.1 Å². The van der Waals surface area contributed by atoms with E-state index in [1.54, 1.807) is 6.92 Å². The molecule has 3 aliphatic carbocycles. The number of alkyl halides is 1. The molecular formula is C20H25BrO7. The lowest BCUT2D eigenvalue weighted by atomic mass is 9.46. The van der Waals surface area contributed by atoms with Crippen LogP contribution in [0.15, 0.2) is 11.1 Å². The van der Waals surface area contributed by atoms with Gasteiger partial charge >= 0.3 is 5.97 Å². The summed E-state index contributed by atoms with van der Waals surface area (Å²) < 4.78 is 17.9. The lowest BCUT2D eigenvalue weighted by Gasteiger charge is -2.57. The van der Waals surface area contributed by atoms with E-state index in [4.69, 9.17) is 14.2 Å². The van der Waals surface area contributed by atoms with Crippen molar-refractivity contribution >= 4 is 21.9 Å². The Morgan fingerprint density at radius 2 is 2.11 bits per heavy atom. The first-order valence-electron chi connectivity index (χ1n) is 10.1. The standard InChI is InChI=1S/C20H25BrO7/c1-8(6-22)18(25)13(21)14-20(28-14)17(2)4-3-9-10(7-26-15(9)23)11(17)5-12-19(20,27-12)16(18)24/h8,11-14,16,22,24-25H,3-7H2,1-2H3/t8?,11-,12-,13+,14-,16+,17-,18-,19+,20+/m0/s1. The molecule has 2 saturated heterocycles. The number of esters is 1. The van der Waals surface area contributed by atoms with Crippen molar-refractivity contribution in [3.63, 3.8) is 0 Å². The summed E-state index contributed by atoms with van der Waals surface area (Å²) in [6.45, 7) is 4.00. The van der Waals surface area contributed by atoms with Gasteiger partial charge in [-0.3, -0.25) is 0 Å². The predicted octanol–water partition coefficient (Wildman–Crippen LogP) is 0.432. The van der Waals surface area contributed by atoms with E-state index in [0.29, 0.717) is 19.4 Å². The first kappa shape index (κ1) is 18.3. The molecular weight excluding hydrogens is 432 g/mol. The maximum Gasteiger partial charge on any atom is 0.334 e. The highest BCUT2D eigenvalue weighted by molar-refractivity contribution is 9.09. The van der Waals surface area contributed by atoms with Gasteiger partial charge in [0, 0.05) is 23.5 Å². The second kappa shape index (κ2) is 5.03. The lowest BCUT2D eigenvalue weighted by molar-refractivity contribution is -0.182. The summed E-state index contributed by atoms with van der Waals surface area (Å²) in [5.74, 6) is -0.647. The number of ether oxygens (including phenoxy) is 3. The minimum Gasteiger partial charge on any atom is -0.458 e. The van der Waals surface area contributed by atoms with Crippen LogP contribution in [0.4, 0.5) is 0 Å². The normalized spacial score (nSPS) is 59.4. The number of cyclic esters (lactones) is 1. The second-order valence-corrected chi connectivity index (χ2v) is 10.7. The molecule has 6 rings (SSSR count). The molecule has 28 heavy (non-hydrogen) atoms. The lowest BCUT2D eigenvalue weighted by Crippen LogP contribution is -2.75. The van der Waals surface area contributed by atoms with Crippen LogP contribution in [0.5, 0.6) is 0 Å². The van der Waals surface area contributed by atoms with Crippen molar-refractivity contribution < 1.29 is 34.3 Å². The van der Waals surface area contributed by atoms with Crippen LogP contribution in [-0.2, 0) is 19.0 Å². The maximum atomic E-state index is 12.1. The molecule has 0 radical (unpaired) electrons. The maximum absolute atomic E-state index is 12.1. The number of halogens is 1. The fourth-order valence-corrected chi connectivity index (χ4v) is 8.48. The molecule has 6 aliphatic rings. The number of hydrogen-bond donors (Lipinski definition) is 3. The third-order valence-corrected chi connectivity index (χ3v) is 10.2. The van der Waals surface area contributed by atoms with E-state index in [1.807, 2.05) is 0 Å². The van der Waals surface area contributed by atoms with Crippen LogP contribution in [0.25, 0.3) is 0 Å². The number of fused-ring (bicyclic) bond motifs is 2. The van der Waals surface area contributed by atoms with Crippen LogP contribution in [0, 0.1) is 17.3 Å². The third kappa shape index (κ3) is 1.58. The molecule has 8 heteroatoms. The smallest absolute Gasteiger partial charge is 0.334 e. The monoisotopic (exact) mass is 456 g/mol. The zero-order chi connectivity index (χ0) is 19.9. The molecule has 0 aromatic heterocycles. The summed E-state index contributed by atoms with van der Waals surface area (Å²) in [6, 6.07) is 0. The van der Waals surface area contributed by atoms with Gasteiger partial charge in [0.15, 0.2) is 5.60 Å². The minimum atomic E-state index is -1.55. The van der Waals surface area contributed by atoms with Gasteiger partial charge in [-0.25, -0.2) is 4.79 Å². The number of epoxide rings is 2. The van der Waals surface area contributed by atoms with Gasteiger partial charge in [-0.2, -0.15) is 0 Å². The minimum absolute atomic E-state index is 0.0988. The highest BCUT2D eigenvalue weighted by atomic mass is 79.9. The van der Waals surface area contributed by atoms with Crippen LogP contribution in [0.1, 0.15) is 33.1 Å². The Bertz CT molecular complexity index is 829. The summed E-state index contributed by atoms with van der Waals surface area (Å²) in [6.07, 6.45) is 0.320. The van der Waals surface area contributed by atoms with Gasteiger partial charge in [0.2, 0.25) is 0 Å². The molecule has 0 aromatic carbocycles. The SMILES string of the molecule is CC(CO)[C@]1(O)[C@H](Br)[C@@H]2O[C@]23[C@]2(O[C@H]2C[C@H]2C4=C(CC[C@@]23C)C(=O)OC4)[C@@H]1O. The number of hydrogen-bond acceptors (Lipinski definition) is 7. The van der Waals surface area contributed by atoms with Gasteiger partial charge in [0.1, 0.15) is 30.0 Å². The summed E-state index contributed by atoms with van der Waals surface area (Å²) >= 11 is 3.61. The van der Waals surface area contributed by atoms with E-state index in [1.165, 1.54) is 0 Å². The summed E-state index contributed by atoms with van der Waals surface area (Å²) in [4.78, 5) is 11.6. The van der Waals surface area contributed by atoms with Gasteiger partial charge < -0.3 is 29.5 Å². The Kier molecular flexibility index (Phi) is 3.28. The van der Waals surface area contributed by atoms with Crippen LogP contribution in [-0.4, -0.2) is 74.4 Å². The first-order valence-corrected chi connectivity index (χ1v) is 11.0. The van der Waals surface area contributed by atoms with Crippen LogP contribution in [0.3, 0.4) is 0 Å². The van der Waals surface area contributed by atoms with E-state index < -0.39 is 33.7 Å². The number of aliphatic hydroxyl groups is 3. The molecule has 4 fully saturated rings. The largest absolute Gasteiger partial charge is 0.458 e. The quantitative estimate of drug-likeness (QED) is 0.313. The van der Waals surface area contributed by atoms with Crippen molar-refractivity contribution in [3.05, 3.63) is 11.1 Å². The van der Waals surface area contributed by atoms with E-state index in [0.717, 1.165) is 17.6 Å². The summed E-state index contributed by atoms with van der Waals surface area (Å²) in [5, 5.41) is 32.6. The average molecular weight is 457 g/mol. The van der Waals surface area contributed by atoms with E-state index in [-0.39, 0.29) is 36.1 Å². The van der Waals surface area contributed by atoms with Crippen molar-refractivity contribution in [2.75, 3.05) is 13.2 Å². The highest BCUT2D eigenvalue weighted by Crippen LogP contribution is 2.80. The molecule has 1 unspecified atom stereocenters. The molecule has 2 saturated carbocycles. The summed E-state index contributed by atoms with van der Waals surface area (Å²) in [7, 11) is 0. The van der Waals surface area contributed by atoms with Crippen molar-refractivity contribution in [2.24, 2.45) is 17.3 Å². The molecule has 3 heterocycles. The second-order valence-electron chi connectivity index (χ2n) is 9.73. The van der Waals surface area contributed by atoms with Crippen molar-refractivity contribution in [2.45, 2.75) is 73.1 Å². The fourth-order valence-electron chi connectivity index (χ4n) is 7.30. The molecule has 3 aliphatic heterocycles. The molecule has 154 valence electrons.